The molecular formula is C24H21N3O3S. The number of nitrogens with one attached hydrogen (secondary N) is 1. The minimum absolute atomic E-state index is 0.108. The summed E-state index contributed by atoms with van der Waals surface area (Å²) >= 11 is 1.42. The number of amides is 1. The van der Waals surface area contributed by atoms with Crippen molar-refractivity contribution in [2.24, 2.45) is 0 Å². The first-order chi connectivity index (χ1) is 14.8. The van der Waals surface area contributed by atoms with Crippen molar-refractivity contribution < 1.29 is 9.59 Å². The molecule has 0 atom stereocenters. The fourth-order valence-corrected chi connectivity index (χ4v) is 4.48. The van der Waals surface area contributed by atoms with Crippen LogP contribution in [0.5, 0.6) is 0 Å². The Labute approximate surface area is 183 Å². The Hall–Kier alpha value is -3.58. The van der Waals surface area contributed by atoms with Crippen LogP contribution >= 0.6 is 11.3 Å². The molecule has 1 N–H and O–H groups in total. The molecule has 0 saturated carbocycles. The normalized spacial score (nSPS) is 10.9. The van der Waals surface area contributed by atoms with Crippen LogP contribution in [-0.4, -0.2) is 21.2 Å². The van der Waals surface area contributed by atoms with Crippen LogP contribution in [0, 0.1) is 13.8 Å². The van der Waals surface area contributed by atoms with Gasteiger partial charge in [-0.25, -0.2) is 4.98 Å². The van der Waals surface area contributed by atoms with Crippen molar-refractivity contribution in [2.75, 3.05) is 5.32 Å². The van der Waals surface area contributed by atoms with Crippen LogP contribution in [-0.2, 0) is 11.3 Å². The monoisotopic (exact) mass is 431 g/mol. The van der Waals surface area contributed by atoms with Gasteiger partial charge < -0.3 is 5.32 Å². The van der Waals surface area contributed by atoms with E-state index < -0.39 is 0 Å². The van der Waals surface area contributed by atoms with Gasteiger partial charge in [-0.15, -0.1) is 11.3 Å². The number of ketones is 1. The van der Waals surface area contributed by atoms with Gasteiger partial charge in [0.2, 0.25) is 5.91 Å². The van der Waals surface area contributed by atoms with Gasteiger partial charge in [0.1, 0.15) is 4.83 Å². The van der Waals surface area contributed by atoms with Crippen molar-refractivity contribution >= 4 is 38.9 Å². The van der Waals surface area contributed by atoms with Gasteiger partial charge in [0.05, 0.1) is 18.3 Å². The van der Waals surface area contributed by atoms with E-state index in [1.54, 1.807) is 24.3 Å². The van der Waals surface area contributed by atoms with Crippen molar-refractivity contribution in [3.05, 3.63) is 81.2 Å². The summed E-state index contributed by atoms with van der Waals surface area (Å²) in [5.41, 5.74) is 4.92. The minimum Gasteiger partial charge on any atom is -0.326 e. The lowest BCUT2D eigenvalue weighted by Gasteiger charge is -2.08. The third kappa shape index (κ3) is 4.18. The standard InChI is InChI=1S/C24H21N3O3S/c1-14-4-9-19(15(2)10-14)20-12-31-23-22(20)24(30)27(13-25-23)11-21(29)17-5-7-18(8-6-17)26-16(3)28/h4-10,12-13H,11H2,1-3H3,(H,26,28). The third-order valence-corrected chi connectivity index (χ3v) is 5.96. The molecule has 1 amide bonds. The summed E-state index contributed by atoms with van der Waals surface area (Å²) in [4.78, 5) is 42.2. The molecule has 0 unspecified atom stereocenters. The smallest absolute Gasteiger partial charge is 0.263 e. The molecule has 7 heteroatoms. The summed E-state index contributed by atoms with van der Waals surface area (Å²) < 4.78 is 1.35. The SMILES string of the molecule is CC(=O)Nc1ccc(C(=O)Cn2cnc3scc(-c4ccc(C)cc4C)c3c2=O)cc1. The van der Waals surface area contributed by atoms with Gasteiger partial charge >= 0.3 is 0 Å². The summed E-state index contributed by atoms with van der Waals surface area (Å²) in [6.45, 7) is 5.37. The van der Waals surface area contributed by atoms with Crippen LogP contribution in [0.25, 0.3) is 21.3 Å². The van der Waals surface area contributed by atoms with Crippen molar-refractivity contribution in [3.63, 3.8) is 0 Å². The third-order valence-electron chi connectivity index (χ3n) is 5.07. The number of Topliss-reactive ketones (excluding diaryl/α,β-unsaturated/α-hetero) is 1. The van der Waals surface area contributed by atoms with Gasteiger partial charge in [-0.2, -0.15) is 0 Å². The number of carbonyl (C=O) groups is 2. The van der Waals surface area contributed by atoms with E-state index in [0.29, 0.717) is 21.5 Å². The van der Waals surface area contributed by atoms with Gasteiger partial charge in [0, 0.05) is 29.1 Å². The number of aryl methyl sites for hydroxylation is 2. The molecule has 4 aromatic rings. The first-order valence-corrected chi connectivity index (χ1v) is 10.7. The second-order valence-corrected chi connectivity index (χ2v) is 8.37. The zero-order valence-corrected chi connectivity index (χ0v) is 18.2. The van der Waals surface area contributed by atoms with E-state index in [0.717, 1.165) is 22.3 Å². The molecule has 2 aromatic heterocycles. The molecule has 0 aliphatic heterocycles. The van der Waals surface area contributed by atoms with Crippen molar-refractivity contribution in [3.8, 4) is 11.1 Å². The van der Waals surface area contributed by atoms with Gasteiger partial charge in [-0.05, 0) is 49.2 Å². The zero-order chi connectivity index (χ0) is 22.1. The number of rotatable bonds is 5. The number of carbonyl (C=O) groups excluding carboxylic acids is 2. The Morgan fingerprint density at radius 3 is 2.48 bits per heavy atom. The number of benzene rings is 2. The maximum absolute atomic E-state index is 13.2. The minimum atomic E-state index is -0.232. The number of hydrogen-bond acceptors (Lipinski definition) is 5. The van der Waals surface area contributed by atoms with Crippen LogP contribution < -0.4 is 10.9 Å². The predicted octanol–water partition coefficient (Wildman–Crippen LogP) is 4.58. The van der Waals surface area contributed by atoms with Gasteiger partial charge in [-0.1, -0.05) is 23.8 Å². The number of aromatic nitrogens is 2. The molecule has 0 fully saturated rings. The molecule has 31 heavy (non-hydrogen) atoms. The average Bonchev–Trinajstić information content (AvgIpc) is 3.15. The first-order valence-electron chi connectivity index (χ1n) is 9.78. The summed E-state index contributed by atoms with van der Waals surface area (Å²) in [7, 11) is 0. The lowest BCUT2D eigenvalue weighted by Crippen LogP contribution is -2.24. The number of hydrogen-bond donors (Lipinski definition) is 1. The fraction of sp³-hybridized carbons (Fsp3) is 0.167. The van der Waals surface area contributed by atoms with Crippen molar-refractivity contribution in [2.45, 2.75) is 27.3 Å². The molecule has 0 spiro atoms. The quantitative estimate of drug-likeness (QED) is 0.469. The van der Waals surface area contributed by atoms with Crippen LogP contribution in [0.3, 0.4) is 0 Å². The van der Waals surface area contributed by atoms with Crippen LogP contribution in [0.4, 0.5) is 5.69 Å². The van der Waals surface area contributed by atoms with E-state index in [2.05, 4.69) is 16.4 Å². The maximum Gasteiger partial charge on any atom is 0.263 e. The Morgan fingerprint density at radius 1 is 1.06 bits per heavy atom. The Morgan fingerprint density at radius 2 is 1.81 bits per heavy atom. The van der Waals surface area contributed by atoms with Gasteiger partial charge in [0.25, 0.3) is 5.56 Å². The molecule has 0 aliphatic rings. The lowest BCUT2D eigenvalue weighted by atomic mass is 9.99. The first kappa shape index (κ1) is 20.7. The zero-order valence-electron chi connectivity index (χ0n) is 17.4. The topological polar surface area (TPSA) is 81.1 Å². The second kappa shape index (κ2) is 8.28. The van der Waals surface area contributed by atoms with E-state index in [1.165, 1.54) is 29.2 Å². The highest BCUT2D eigenvalue weighted by Crippen LogP contribution is 2.33. The molecular weight excluding hydrogens is 410 g/mol. The Balaban J connectivity index is 1.67. The van der Waals surface area contributed by atoms with Crippen LogP contribution in [0.2, 0.25) is 0 Å². The number of fused-ring (bicyclic) bond motifs is 1. The molecule has 2 aromatic carbocycles. The molecule has 0 radical (unpaired) electrons. The van der Waals surface area contributed by atoms with Crippen LogP contribution in [0.1, 0.15) is 28.4 Å². The van der Waals surface area contributed by atoms with E-state index in [9.17, 15) is 14.4 Å². The molecule has 0 bridgehead atoms. The highest BCUT2D eigenvalue weighted by atomic mass is 32.1. The number of nitrogens with zero attached hydrogens (tertiary/aromatic N) is 2. The molecule has 0 aliphatic carbocycles. The molecule has 4 rings (SSSR count). The van der Waals surface area contributed by atoms with Crippen molar-refractivity contribution in [1.82, 2.24) is 9.55 Å². The van der Waals surface area contributed by atoms with E-state index in [1.807, 2.05) is 31.4 Å². The molecule has 2 heterocycles. The summed E-state index contributed by atoms with van der Waals surface area (Å²) in [6.07, 6.45) is 1.43. The fourth-order valence-electron chi connectivity index (χ4n) is 3.58. The maximum atomic E-state index is 13.2. The highest BCUT2D eigenvalue weighted by Gasteiger charge is 2.16. The van der Waals surface area contributed by atoms with Gasteiger partial charge in [0.15, 0.2) is 5.78 Å². The summed E-state index contributed by atoms with van der Waals surface area (Å²) in [5.74, 6) is -0.388. The van der Waals surface area contributed by atoms with Crippen molar-refractivity contribution in [1.29, 1.82) is 0 Å². The average molecular weight is 432 g/mol. The number of anilines is 1. The van der Waals surface area contributed by atoms with Crippen LogP contribution in [0.15, 0.2) is 59.0 Å². The molecule has 6 nitrogen and oxygen atoms in total. The summed E-state index contributed by atoms with van der Waals surface area (Å²) in [5, 5.41) is 5.15. The predicted molar refractivity (Wildman–Crippen MR) is 124 cm³/mol. The molecule has 0 saturated heterocycles. The molecule has 156 valence electrons. The lowest BCUT2D eigenvalue weighted by molar-refractivity contribution is -0.114. The number of thiophene rings is 1. The summed E-state index contributed by atoms with van der Waals surface area (Å²) in [6, 6.07) is 12.7. The van der Waals surface area contributed by atoms with E-state index >= 15 is 0 Å². The van der Waals surface area contributed by atoms with E-state index in [4.69, 9.17) is 0 Å². The van der Waals surface area contributed by atoms with Gasteiger partial charge in [-0.3, -0.25) is 19.0 Å². The highest BCUT2D eigenvalue weighted by molar-refractivity contribution is 7.17. The van der Waals surface area contributed by atoms with E-state index in [-0.39, 0.29) is 23.8 Å². The second-order valence-electron chi connectivity index (χ2n) is 7.51. The Kier molecular flexibility index (Phi) is 5.52. The largest absolute Gasteiger partial charge is 0.326 e. The Bertz CT molecular complexity index is 1370.